The highest BCUT2D eigenvalue weighted by Gasteiger charge is 2.32. The van der Waals surface area contributed by atoms with E-state index in [9.17, 15) is 9.18 Å². The predicted molar refractivity (Wildman–Crippen MR) is 99.2 cm³/mol. The maximum absolute atomic E-state index is 13.1. The Morgan fingerprint density at radius 2 is 1.60 bits per heavy atom. The lowest BCUT2D eigenvalue weighted by Gasteiger charge is -2.42. The number of amides is 1. The number of carbonyl (C=O) groups excluding carboxylic acids is 1. The number of rotatable bonds is 3. The molecule has 2 aliphatic rings. The van der Waals surface area contributed by atoms with Crippen LogP contribution in [-0.4, -0.2) is 61.0 Å². The van der Waals surface area contributed by atoms with Crippen LogP contribution in [0.1, 0.15) is 27.2 Å². The van der Waals surface area contributed by atoms with Crippen LogP contribution >= 0.6 is 0 Å². The minimum atomic E-state index is -0.202. The van der Waals surface area contributed by atoms with Gasteiger partial charge in [-0.2, -0.15) is 0 Å². The number of likely N-dealkylation sites (tertiary alicyclic amines) is 1. The van der Waals surface area contributed by atoms with Crippen molar-refractivity contribution in [3.8, 4) is 0 Å². The fraction of sp³-hybridized carbons (Fsp3) is 0.650. The minimum Gasteiger partial charge on any atom is -0.369 e. The largest absolute Gasteiger partial charge is 0.369 e. The molecule has 138 valence electrons. The van der Waals surface area contributed by atoms with Gasteiger partial charge >= 0.3 is 0 Å². The van der Waals surface area contributed by atoms with E-state index in [0.29, 0.717) is 11.8 Å². The molecule has 0 aromatic heterocycles. The van der Waals surface area contributed by atoms with Gasteiger partial charge in [0.15, 0.2) is 0 Å². The molecule has 5 heteroatoms. The topological polar surface area (TPSA) is 26.8 Å². The molecule has 1 amide bonds. The fourth-order valence-corrected chi connectivity index (χ4v) is 4.28. The van der Waals surface area contributed by atoms with Crippen LogP contribution in [0.15, 0.2) is 24.3 Å². The first-order chi connectivity index (χ1) is 11.9. The van der Waals surface area contributed by atoms with Crippen molar-refractivity contribution in [2.75, 3.05) is 44.2 Å². The third-order valence-electron chi connectivity index (χ3n) is 5.59. The van der Waals surface area contributed by atoms with Gasteiger partial charge in [0, 0.05) is 45.0 Å². The second-order valence-electron chi connectivity index (χ2n) is 7.86. The molecule has 3 rings (SSSR count). The van der Waals surface area contributed by atoms with E-state index in [4.69, 9.17) is 0 Å². The van der Waals surface area contributed by atoms with Crippen molar-refractivity contribution in [2.24, 2.45) is 11.8 Å². The molecule has 4 nitrogen and oxygen atoms in total. The first-order valence-corrected chi connectivity index (χ1v) is 9.47. The number of piperazine rings is 1. The molecule has 0 saturated carbocycles. The molecule has 0 bridgehead atoms. The smallest absolute Gasteiger partial charge is 0.239 e. The lowest BCUT2D eigenvalue weighted by molar-refractivity contribution is -0.139. The van der Waals surface area contributed by atoms with Crippen LogP contribution in [0.4, 0.5) is 10.1 Å². The molecular weight excluding hydrogens is 317 g/mol. The molecule has 0 spiro atoms. The fourth-order valence-electron chi connectivity index (χ4n) is 4.28. The van der Waals surface area contributed by atoms with Gasteiger partial charge in [0.1, 0.15) is 5.82 Å². The highest BCUT2D eigenvalue weighted by atomic mass is 19.1. The molecule has 2 fully saturated rings. The van der Waals surface area contributed by atoms with E-state index >= 15 is 0 Å². The van der Waals surface area contributed by atoms with E-state index < -0.39 is 0 Å². The average Bonchev–Trinajstić information content (AvgIpc) is 2.60. The Hall–Kier alpha value is -1.62. The number of piperidine rings is 1. The highest BCUT2D eigenvalue weighted by Crippen LogP contribution is 2.23. The summed E-state index contributed by atoms with van der Waals surface area (Å²) >= 11 is 0. The van der Waals surface area contributed by atoms with Crippen LogP contribution < -0.4 is 4.90 Å². The molecule has 2 aliphatic heterocycles. The van der Waals surface area contributed by atoms with E-state index in [1.165, 1.54) is 18.6 Å². The first-order valence-electron chi connectivity index (χ1n) is 9.47. The van der Waals surface area contributed by atoms with Crippen LogP contribution in [0.3, 0.4) is 0 Å². The van der Waals surface area contributed by atoms with Crippen LogP contribution in [0.25, 0.3) is 0 Å². The molecule has 0 aliphatic carbocycles. The second-order valence-corrected chi connectivity index (χ2v) is 7.86. The number of anilines is 1. The Kier molecular flexibility index (Phi) is 5.62. The zero-order valence-corrected chi connectivity index (χ0v) is 15.6. The van der Waals surface area contributed by atoms with Crippen molar-refractivity contribution in [3.63, 3.8) is 0 Å². The van der Waals surface area contributed by atoms with E-state index in [2.05, 4.69) is 28.5 Å². The molecule has 25 heavy (non-hydrogen) atoms. The Morgan fingerprint density at radius 3 is 2.16 bits per heavy atom. The number of benzene rings is 1. The summed E-state index contributed by atoms with van der Waals surface area (Å²) in [6.45, 7) is 11.8. The van der Waals surface area contributed by atoms with Gasteiger partial charge in [0.2, 0.25) is 5.91 Å². The predicted octanol–water partition coefficient (Wildman–Crippen LogP) is 2.84. The van der Waals surface area contributed by atoms with Crippen molar-refractivity contribution in [2.45, 2.75) is 33.2 Å². The van der Waals surface area contributed by atoms with Crippen molar-refractivity contribution in [3.05, 3.63) is 30.1 Å². The van der Waals surface area contributed by atoms with Crippen molar-refractivity contribution >= 4 is 11.6 Å². The highest BCUT2D eigenvalue weighted by molar-refractivity contribution is 5.81. The van der Waals surface area contributed by atoms with Crippen molar-refractivity contribution < 1.29 is 9.18 Å². The van der Waals surface area contributed by atoms with Gasteiger partial charge in [0.05, 0.1) is 6.04 Å². The molecule has 1 aromatic rings. The zero-order valence-electron chi connectivity index (χ0n) is 15.6. The van der Waals surface area contributed by atoms with Crippen molar-refractivity contribution in [1.82, 2.24) is 9.80 Å². The maximum atomic E-state index is 13.1. The summed E-state index contributed by atoms with van der Waals surface area (Å²) in [6, 6.07) is 6.61. The normalized spacial score (nSPS) is 26.6. The standard InChI is InChI=1S/C20H30FN3O/c1-15-12-16(2)14-24(13-15)20(25)17(3)22-8-10-23(11-9-22)19-6-4-18(21)5-7-19/h4-7,15-17H,8-14H2,1-3H3. The summed E-state index contributed by atoms with van der Waals surface area (Å²) in [4.78, 5) is 19.5. The monoisotopic (exact) mass is 347 g/mol. The Balaban J connectivity index is 1.55. The van der Waals surface area contributed by atoms with E-state index in [0.717, 1.165) is 45.0 Å². The Labute approximate surface area is 150 Å². The molecule has 2 saturated heterocycles. The number of hydrogen-bond acceptors (Lipinski definition) is 3. The minimum absolute atomic E-state index is 0.0622. The quantitative estimate of drug-likeness (QED) is 0.841. The first kappa shape index (κ1) is 18.2. The molecule has 1 aromatic carbocycles. The SMILES string of the molecule is CC1CC(C)CN(C(=O)C(C)N2CCN(c3ccc(F)cc3)CC2)C1. The number of nitrogens with zero attached hydrogens (tertiary/aromatic N) is 3. The van der Waals surface area contributed by atoms with Gasteiger partial charge in [-0.1, -0.05) is 13.8 Å². The zero-order chi connectivity index (χ0) is 18.0. The molecule has 3 atom stereocenters. The van der Waals surface area contributed by atoms with Crippen LogP contribution in [-0.2, 0) is 4.79 Å². The van der Waals surface area contributed by atoms with Gasteiger partial charge < -0.3 is 9.80 Å². The summed E-state index contributed by atoms with van der Waals surface area (Å²) in [5.41, 5.74) is 1.05. The summed E-state index contributed by atoms with van der Waals surface area (Å²) in [5.74, 6) is 1.26. The molecule has 3 unspecified atom stereocenters. The summed E-state index contributed by atoms with van der Waals surface area (Å²) in [5, 5.41) is 0. The van der Waals surface area contributed by atoms with Crippen molar-refractivity contribution in [1.29, 1.82) is 0 Å². The van der Waals surface area contributed by atoms with E-state index in [-0.39, 0.29) is 17.8 Å². The van der Waals surface area contributed by atoms with E-state index in [1.807, 2.05) is 19.1 Å². The summed E-state index contributed by atoms with van der Waals surface area (Å²) in [6.07, 6.45) is 1.22. The average molecular weight is 347 g/mol. The van der Waals surface area contributed by atoms with Gasteiger partial charge in [-0.05, 0) is 49.4 Å². The van der Waals surface area contributed by atoms with Gasteiger partial charge in [-0.25, -0.2) is 4.39 Å². The maximum Gasteiger partial charge on any atom is 0.239 e. The van der Waals surface area contributed by atoms with Gasteiger partial charge in [0.25, 0.3) is 0 Å². The molecule has 2 heterocycles. The molecule has 0 N–H and O–H groups in total. The van der Waals surface area contributed by atoms with Crippen LogP contribution in [0.5, 0.6) is 0 Å². The Morgan fingerprint density at radius 1 is 1.04 bits per heavy atom. The van der Waals surface area contributed by atoms with Crippen LogP contribution in [0.2, 0.25) is 0 Å². The van der Waals surface area contributed by atoms with E-state index in [1.54, 1.807) is 0 Å². The lowest BCUT2D eigenvalue weighted by atomic mass is 9.91. The van der Waals surface area contributed by atoms with Crippen LogP contribution in [0, 0.1) is 17.7 Å². The third kappa shape index (κ3) is 4.32. The molecule has 0 radical (unpaired) electrons. The summed E-state index contributed by atoms with van der Waals surface area (Å²) in [7, 11) is 0. The number of halogens is 1. The summed E-state index contributed by atoms with van der Waals surface area (Å²) < 4.78 is 13.1. The second kappa shape index (κ2) is 7.73. The number of hydrogen-bond donors (Lipinski definition) is 0. The van der Waals surface area contributed by atoms with Gasteiger partial charge in [-0.3, -0.25) is 9.69 Å². The lowest BCUT2D eigenvalue weighted by Crippen LogP contribution is -2.56. The third-order valence-corrected chi connectivity index (χ3v) is 5.59. The number of carbonyl (C=O) groups is 1. The Bertz CT molecular complexity index is 573. The van der Waals surface area contributed by atoms with Gasteiger partial charge in [-0.15, -0.1) is 0 Å². The molecular formula is C20H30FN3O.